The van der Waals surface area contributed by atoms with E-state index in [4.69, 9.17) is 11.6 Å². The molecular weight excluding hydrogens is 302 g/mol. The minimum absolute atomic E-state index is 0.0201. The molecule has 22 heavy (non-hydrogen) atoms. The topological polar surface area (TPSA) is 71.9 Å². The summed E-state index contributed by atoms with van der Waals surface area (Å²) < 4.78 is 1.90. The second-order valence-corrected chi connectivity index (χ2v) is 5.30. The van der Waals surface area contributed by atoms with Gasteiger partial charge in [-0.25, -0.2) is 0 Å². The van der Waals surface area contributed by atoms with Crippen molar-refractivity contribution in [1.82, 2.24) is 4.57 Å². The molecule has 0 aliphatic rings. The van der Waals surface area contributed by atoms with Crippen molar-refractivity contribution in [2.75, 3.05) is 0 Å². The van der Waals surface area contributed by atoms with Gasteiger partial charge in [-0.15, -0.1) is 0 Å². The molecular formula is C16H10ClN3O2. The Balaban J connectivity index is 2.08. The third-order valence-corrected chi connectivity index (χ3v) is 3.71. The van der Waals surface area contributed by atoms with Crippen LogP contribution >= 0.6 is 11.6 Å². The molecule has 0 bridgehead atoms. The van der Waals surface area contributed by atoms with E-state index in [1.54, 1.807) is 24.4 Å². The Morgan fingerprint density at radius 2 is 1.95 bits per heavy atom. The summed E-state index contributed by atoms with van der Waals surface area (Å²) in [6.45, 7) is 0.563. The number of halogens is 1. The van der Waals surface area contributed by atoms with Crippen LogP contribution in [0, 0.1) is 21.4 Å². The van der Waals surface area contributed by atoms with Crippen molar-refractivity contribution in [3.63, 3.8) is 0 Å². The molecule has 1 aromatic heterocycles. The number of benzene rings is 2. The molecule has 0 aliphatic carbocycles. The molecule has 0 spiro atoms. The maximum absolute atomic E-state index is 10.9. The van der Waals surface area contributed by atoms with Gasteiger partial charge in [0.05, 0.1) is 16.0 Å². The van der Waals surface area contributed by atoms with E-state index in [1.165, 1.54) is 12.1 Å². The van der Waals surface area contributed by atoms with E-state index in [0.717, 1.165) is 11.1 Å². The molecule has 0 radical (unpaired) electrons. The van der Waals surface area contributed by atoms with Gasteiger partial charge in [-0.1, -0.05) is 23.7 Å². The van der Waals surface area contributed by atoms with Crippen LogP contribution in [0.2, 0.25) is 5.02 Å². The first-order valence-electron chi connectivity index (χ1n) is 6.50. The first-order chi connectivity index (χ1) is 10.6. The van der Waals surface area contributed by atoms with Crippen molar-refractivity contribution in [1.29, 1.82) is 5.26 Å². The number of hydrogen-bond donors (Lipinski definition) is 0. The second kappa shape index (κ2) is 5.51. The molecule has 0 aliphatic heterocycles. The second-order valence-electron chi connectivity index (χ2n) is 4.87. The van der Waals surface area contributed by atoms with Gasteiger partial charge in [0.1, 0.15) is 6.07 Å². The highest BCUT2D eigenvalue weighted by Gasteiger charge is 2.13. The van der Waals surface area contributed by atoms with Gasteiger partial charge in [-0.2, -0.15) is 5.26 Å². The molecule has 0 saturated carbocycles. The molecule has 0 unspecified atom stereocenters. The Morgan fingerprint density at radius 3 is 2.59 bits per heavy atom. The summed E-state index contributed by atoms with van der Waals surface area (Å²) >= 11 is 5.87. The quantitative estimate of drug-likeness (QED) is 0.539. The fourth-order valence-corrected chi connectivity index (χ4v) is 2.53. The van der Waals surface area contributed by atoms with Crippen LogP contribution in [-0.2, 0) is 6.54 Å². The smallest absolute Gasteiger partial charge is 0.270 e. The van der Waals surface area contributed by atoms with Crippen LogP contribution in [0.4, 0.5) is 5.69 Å². The van der Waals surface area contributed by atoms with Gasteiger partial charge in [-0.3, -0.25) is 10.1 Å². The zero-order chi connectivity index (χ0) is 15.7. The van der Waals surface area contributed by atoms with Crippen molar-refractivity contribution < 1.29 is 4.92 Å². The average molecular weight is 312 g/mol. The highest BCUT2D eigenvalue weighted by molar-refractivity contribution is 6.30. The molecule has 0 fully saturated rings. The number of fused-ring (bicyclic) bond motifs is 1. The van der Waals surface area contributed by atoms with Crippen LogP contribution in [0.5, 0.6) is 0 Å². The van der Waals surface area contributed by atoms with Crippen LogP contribution < -0.4 is 0 Å². The van der Waals surface area contributed by atoms with Crippen LogP contribution in [0.25, 0.3) is 10.9 Å². The largest absolute Gasteiger partial charge is 0.342 e. The monoisotopic (exact) mass is 311 g/mol. The Bertz CT molecular complexity index is 908. The Labute approximate surface area is 131 Å². The highest BCUT2D eigenvalue weighted by Crippen LogP contribution is 2.26. The molecule has 0 amide bonds. The van der Waals surface area contributed by atoms with Gasteiger partial charge in [0.15, 0.2) is 0 Å². The average Bonchev–Trinajstić information content (AvgIpc) is 2.86. The summed E-state index contributed by atoms with van der Waals surface area (Å²) in [4.78, 5) is 10.4. The summed E-state index contributed by atoms with van der Waals surface area (Å²) in [7, 11) is 0. The molecule has 0 saturated heterocycles. The minimum atomic E-state index is -0.461. The number of hydrogen-bond acceptors (Lipinski definition) is 3. The maximum Gasteiger partial charge on any atom is 0.270 e. The zero-order valence-corrected chi connectivity index (χ0v) is 12.1. The molecule has 6 heteroatoms. The number of rotatable bonds is 3. The summed E-state index contributed by atoms with van der Waals surface area (Å²) in [6.07, 6.45) is 1.71. The van der Waals surface area contributed by atoms with Gasteiger partial charge in [0, 0.05) is 35.3 Å². The van der Waals surface area contributed by atoms with Crippen molar-refractivity contribution in [3.8, 4) is 6.07 Å². The van der Waals surface area contributed by atoms with Gasteiger partial charge < -0.3 is 4.57 Å². The third kappa shape index (κ3) is 2.52. The third-order valence-electron chi connectivity index (χ3n) is 3.46. The fraction of sp³-hybridized carbons (Fsp3) is 0.0625. The van der Waals surface area contributed by atoms with E-state index >= 15 is 0 Å². The minimum Gasteiger partial charge on any atom is -0.342 e. The summed E-state index contributed by atoms with van der Waals surface area (Å²) in [5, 5.41) is 21.4. The van der Waals surface area contributed by atoms with Gasteiger partial charge in [0.2, 0.25) is 0 Å². The molecule has 3 aromatic rings. The number of non-ortho nitro benzene ring substituents is 1. The summed E-state index contributed by atoms with van der Waals surface area (Å²) in [5.74, 6) is 0. The lowest BCUT2D eigenvalue weighted by Gasteiger charge is -2.05. The molecule has 1 heterocycles. The van der Waals surface area contributed by atoms with E-state index in [9.17, 15) is 15.4 Å². The predicted octanol–water partition coefficient (Wildman–Crippen LogP) is 4.12. The molecule has 3 rings (SSSR count). The molecule has 2 aromatic carbocycles. The standard InChI is InChI=1S/C16H10ClN3O2/c17-13-3-1-11(2-4-13)9-19-10-12(8-18)15-7-14(20(21)22)5-6-16(15)19/h1-7,10H,9H2. The molecule has 108 valence electrons. The zero-order valence-electron chi connectivity index (χ0n) is 11.4. The van der Waals surface area contributed by atoms with E-state index in [0.29, 0.717) is 22.5 Å². The van der Waals surface area contributed by atoms with E-state index < -0.39 is 4.92 Å². The Kier molecular flexibility index (Phi) is 3.53. The molecule has 0 atom stereocenters. The van der Waals surface area contributed by atoms with Gasteiger partial charge in [-0.05, 0) is 23.8 Å². The van der Waals surface area contributed by atoms with Crippen LogP contribution in [0.3, 0.4) is 0 Å². The summed E-state index contributed by atoms with van der Waals surface area (Å²) in [5.41, 5.74) is 2.22. The first kappa shape index (κ1) is 14.1. The van der Waals surface area contributed by atoms with E-state index in [1.807, 2.05) is 16.7 Å². The number of nitriles is 1. The van der Waals surface area contributed by atoms with Crippen molar-refractivity contribution in [2.24, 2.45) is 0 Å². The van der Waals surface area contributed by atoms with Crippen molar-refractivity contribution in [2.45, 2.75) is 6.54 Å². The molecule has 0 N–H and O–H groups in total. The van der Waals surface area contributed by atoms with Crippen LogP contribution in [0.15, 0.2) is 48.7 Å². The molecule has 5 nitrogen and oxygen atoms in total. The predicted molar refractivity (Wildman–Crippen MR) is 83.9 cm³/mol. The lowest BCUT2D eigenvalue weighted by molar-refractivity contribution is -0.384. The van der Waals surface area contributed by atoms with Gasteiger partial charge >= 0.3 is 0 Å². The lowest BCUT2D eigenvalue weighted by Crippen LogP contribution is -1.97. The Morgan fingerprint density at radius 1 is 1.23 bits per heavy atom. The Hall–Kier alpha value is -2.84. The normalized spacial score (nSPS) is 10.5. The van der Waals surface area contributed by atoms with Crippen molar-refractivity contribution in [3.05, 3.63) is 74.9 Å². The number of nitro groups is 1. The van der Waals surface area contributed by atoms with Gasteiger partial charge in [0.25, 0.3) is 5.69 Å². The number of aromatic nitrogens is 1. The fourth-order valence-electron chi connectivity index (χ4n) is 2.41. The maximum atomic E-state index is 10.9. The number of nitrogens with zero attached hydrogens (tertiary/aromatic N) is 3. The van der Waals surface area contributed by atoms with Crippen LogP contribution in [0.1, 0.15) is 11.1 Å². The van der Waals surface area contributed by atoms with E-state index in [-0.39, 0.29) is 5.69 Å². The number of nitro benzene ring substituents is 1. The van der Waals surface area contributed by atoms with Crippen molar-refractivity contribution >= 4 is 28.2 Å². The first-order valence-corrected chi connectivity index (χ1v) is 6.88. The van der Waals surface area contributed by atoms with Crippen LogP contribution in [-0.4, -0.2) is 9.49 Å². The highest BCUT2D eigenvalue weighted by atomic mass is 35.5. The summed E-state index contributed by atoms with van der Waals surface area (Å²) in [6, 6.07) is 14.1. The SMILES string of the molecule is N#Cc1cn(Cc2ccc(Cl)cc2)c2ccc([N+](=O)[O-])cc12. The lowest BCUT2D eigenvalue weighted by atomic mass is 10.1. The van der Waals surface area contributed by atoms with E-state index in [2.05, 4.69) is 6.07 Å².